The molecular weight excluding hydrogens is 202 g/mol. The Bertz CT molecular complexity index is 249. The van der Waals surface area contributed by atoms with Crippen LogP contribution >= 0.6 is 23.1 Å². The van der Waals surface area contributed by atoms with E-state index in [1.165, 1.54) is 11.3 Å². The molecule has 0 aliphatic rings. The van der Waals surface area contributed by atoms with Crippen molar-refractivity contribution in [3.63, 3.8) is 0 Å². The number of hydrogen-bond acceptors (Lipinski definition) is 5. The Labute approximate surface area is 87.1 Å². The lowest BCUT2D eigenvalue weighted by Gasteiger charge is -2.10. The fourth-order valence-electron chi connectivity index (χ4n) is 0.900. The molecule has 0 aliphatic heterocycles. The summed E-state index contributed by atoms with van der Waals surface area (Å²) in [7, 11) is 0. The van der Waals surface area contributed by atoms with Gasteiger partial charge in [-0.25, -0.2) is 4.98 Å². The number of thiazole rings is 1. The van der Waals surface area contributed by atoms with Crippen LogP contribution in [0.5, 0.6) is 0 Å². The molecule has 3 nitrogen and oxygen atoms in total. The average molecular weight is 217 g/mol. The number of nitrogens with two attached hydrogens (primary N) is 1. The van der Waals surface area contributed by atoms with Crippen molar-refractivity contribution in [2.24, 2.45) is 0 Å². The van der Waals surface area contributed by atoms with Crippen molar-refractivity contribution in [3.05, 3.63) is 6.20 Å². The summed E-state index contributed by atoms with van der Waals surface area (Å²) >= 11 is 3.42. The third-order valence-corrected chi connectivity index (χ3v) is 3.37. The maximum atomic E-state index is 5.57. The highest BCUT2D eigenvalue weighted by atomic mass is 32.2. The number of nitrogens with one attached hydrogen (secondary N) is 1. The monoisotopic (exact) mass is 217 g/mol. The second kappa shape index (κ2) is 5.34. The number of nitrogens with zero attached hydrogens (tertiary/aromatic N) is 1. The minimum atomic E-state index is 0.454. The number of anilines is 2. The minimum absolute atomic E-state index is 0.454. The molecule has 1 heterocycles. The smallest absolute Gasteiger partial charge is 0.184 e. The summed E-state index contributed by atoms with van der Waals surface area (Å²) in [4.78, 5) is 4.14. The Balaban J connectivity index is 2.31. The molecule has 5 heteroatoms. The van der Waals surface area contributed by atoms with E-state index in [1.807, 2.05) is 11.8 Å². The van der Waals surface area contributed by atoms with Crippen molar-refractivity contribution >= 4 is 33.2 Å². The topological polar surface area (TPSA) is 50.9 Å². The van der Waals surface area contributed by atoms with Crippen LogP contribution < -0.4 is 11.1 Å². The SMILES string of the molecule is CCSCC(C)Nc1ncc(N)s1. The summed E-state index contributed by atoms with van der Waals surface area (Å²) in [5.74, 6) is 2.27. The fourth-order valence-corrected chi connectivity index (χ4v) is 2.27. The van der Waals surface area contributed by atoms with Crippen molar-refractivity contribution in [2.75, 3.05) is 22.6 Å². The lowest BCUT2D eigenvalue weighted by Crippen LogP contribution is -2.17. The molecule has 0 saturated carbocycles. The van der Waals surface area contributed by atoms with Crippen LogP contribution in [-0.4, -0.2) is 22.5 Å². The normalized spacial score (nSPS) is 12.8. The third kappa shape index (κ3) is 3.87. The lowest BCUT2D eigenvalue weighted by molar-refractivity contribution is 0.910. The first kappa shape index (κ1) is 10.7. The lowest BCUT2D eigenvalue weighted by atomic mass is 10.4. The summed E-state index contributed by atoms with van der Waals surface area (Å²) in [5.41, 5.74) is 5.57. The van der Waals surface area contributed by atoms with Crippen LogP contribution in [0.15, 0.2) is 6.20 Å². The van der Waals surface area contributed by atoms with Gasteiger partial charge >= 0.3 is 0 Å². The quantitative estimate of drug-likeness (QED) is 0.794. The van der Waals surface area contributed by atoms with Gasteiger partial charge in [-0.3, -0.25) is 0 Å². The predicted molar refractivity (Wildman–Crippen MR) is 62.6 cm³/mol. The van der Waals surface area contributed by atoms with Crippen molar-refractivity contribution in [3.8, 4) is 0 Å². The molecule has 1 unspecified atom stereocenters. The minimum Gasteiger partial charge on any atom is -0.389 e. The van der Waals surface area contributed by atoms with Crippen LogP contribution in [0.25, 0.3) is 0 Å². The van der Waals surface area contributed by atoms with E-state index in [1.54, 1.807) is 6.20 Å². The standard InChI is InChI=1S/C8H15N3S2/c1-3-12-5-6(2)11-8-10-4-7(9)13-8/h4,6H,3,5,9H2,1-2H3,(H,10,11). The first-order valence-electron chi connectivity index (χ1n) is 4.28. The van der Waals surface area contributed by atoms with E-state index >= 15 is 0 Å². The van der Waals surface area contributed by atoms with E-state index in [0.717, 1.165) is 21.6 Å². The molecule has 1 atom stereocenters. The second-order valence-corrected chi connectivity index (χ2v) is 5.15. The fraction of sp³-hybridized carbons (Fsp3) is 0.625. The summed E-state index contributed by atoms with van der Waals surface area (Å²) in [6.45, 7) is 4.32. The van der Waals surface area contributed by atoms with Crippen LogP contribution in [0.3, 0.4) is 0 Å². The Morgan fingerprint density at radius 1 is 1.77 bits per heavy atom. The molecule has 74 valence electrons. The second-order valence-electron chi connectivity index (χ2n) is 2.77. The largest absolute Gasteiger partial charge is 0.389 e. The van der Waals surface area contributed by atoms with Crippen LogP contribution in [-0.2, 0) is 0 Å². The van der Waals surface area contributed by atoms with Gasteiger partial charge in [0.05, 0.1) is 6.20 Å². The van der Waals surface area contributed by atoms with Gasteiger partial charge in [-0.15, -0.1) is 0 Å². The van der Waals surface area contributed by atoms with Gasteiger partial charge in [-0.2, -0.15) is 11.8 Å². The van der Waals surface area contributed by atoms with E-state index in [-0.39, 0.29) is 0 Å². The van der Waals surface area contributed by atoms with E-state index in [2.05, 4.69) is 24.1 Å². The maximum Gasteiger partial charge on any atom is 0.184 e. The molecular formula is C8H15N3S2. The average Bonchev–Trinajstić information content (AvgIpc) is 2.48. The first-order chi connectivity index (χ1) is 6.22. The molecule has 0 saturated heterocycles. The van der Waals surface area contributed by atoms with E-state index in [0.29, 0.717) is 6.04 Å². The summed E-state index contributed by atoms with van der Waals surface area (Å²) in [6, 6.07) is 0.454. The zero-order valence-electron chi connectivity index (χ0n) is 7.91. The van der Waals surface area contributed by atoms with Gasteiger partial charge in [0.2, 0.25) is 0 Å². The number of thioether (sulfide) groups is 1. The Morgan fingerprint density at radius 3 is 3.08 bits per heavy atom. The summed E-state index contributed by atoms with van der Waals surface area (Å²) in [6.07, 6.45) is 1.69. The molecule has 1 aromatic heterocycles. The van der Waals surface area contributed by atoms with E-state index < -0.39 is 0 Å². The molecule has 0 spiro atoms. The number of hydrogen-bond donors (Lipinski definition) is 2. The van der Waals surface area contributed by atoms with Crippen LogP contribution in [0.2, 0.25) is 0 Å². The molecule has 13 heavy (non-hydrogen) atoms. The Hall–Kier alpha value is -0.420. The van der Waals surface area contributed by atoms with Crippen molar-refractivity contribution in [1.82, 2.24) is 4.98 Å². The van der Waals surface area contributed by atoms with Gasteiger partial charge in [0.25, 0.3) is 0 Å². The van der Waals surface area contributed by atoms with E-state index in [9.17, 15) is 0 Å². The number of aromatic nitrogens is 1. The van der Waals surface area contributed by atoms with Gasteiger partial charge in [0.15, 0.2) is 5.13 Å². The Kier molecular flexibility index (Phi) is 4.38. The summed E-state index contributed by atoms with van der Waals surface area (Å²) in [5, 5.41) is 4.98. The van der Waals surface area contributed by atoms with Crippen molar-refractivity contribution < 1.29 is 0 Å². The highest BCUT2D eigenvalue weighted by molar-refractivity contribution is 7.99. The third-order valence-electron chi connectivity index (χ3n) is 1.47. The highest BCUT2D eigenvalue weighted by Gasteiger charge is 2.03. The van der Waals surface area contributed by atoms with Gasteiger partial charge in [0.1, 0.15) is 5.00 Å². The van der Waals surface area contributed by atoms with Gasteiger partial charge in [0, 0.05) is 11.8 Å². The van der Waals surface area contributed by atoms with Gasteiger partial charge in [-0.1, -0.05) is 18.3 Å². The molecule has 0 bridgehead atoms. The van der Waals surface area contributed by atoms with Crippen LogP contribution in [0.4, 0.5) is 10.1 Å². The first-order valence-corrected chi connectivity index (χ1v) is 6.25. The molecule has 0 amide bonds. The maximum absolute atomic E-state index is 5.57. The number of nitrogen functional groups attached to an aromatic ring is 1. The molecule has 3 N–H and O–H groups in total. The Morgan fingerprint density at radius 2 is 2.54 bits per heavy atom. The molecule has 0 aliphatic carbocycles. The van der Waals surface area contributed by atoms with Crippen molar-refractivity contribution in [1.29, 1.82) is 0 Å². The zero-order chi connectivity index (χ0) is 9.68. The molecule has 0 radical (unpaired) electrons. The summed E-state index contributed by atoms with van der Waals surface area (Å²) < 4.78 is 0. The molecule has 0 aromatic carbocycles. The van der Waals surface area contributed by atoms with Crippen LogP contribution in [0.1, 0.15) is 13.8 Å². The number of rotatable bonds is 5. The van der Waals surface area contributed by atoms with Crippen LogP contribution in [0, 0.1) is 0 Å². The molecule has 1 aromatic rings. The highest BCUT2D eigenvalue weighted by Crippen LogP contribution is 2.20. The van der Waals surface area contributed by atoms with Gasteiger partial charge < -0.3 is 11.1 Å². The van der Waals surface area contributed by atoms with E-state index in [4.69, 9.17) is 5.73 Å². The van der Waals surface area contributed by atoms with Gasteiger partial charge in [-0.05, 0) is 12.7 Å². The van der Waals surface area contributed by atoms with Crippen molar-refractivity contribution in [2.45, 2.75) is 19.9 Å². The predicted octanol–water partition coefficient (Wildman–Crippen LogP) is 2.28. The molecule has 1 rings (SSSR count). The molecule has 0 fully saturated rings. The zero-order valence-corrected chi connectivity index (χ0v) is 9.54.